The topological polar surface area (TPSA) is 272 Å². The molecule has 2 aliphatic rings. The highest BCUT2D eigenvalue weighted by atomic mass is 127. The lowest BCUT2D eigenvalue weighted by molar-refractivity contribution is -0.178. The Hall–Kier alpha value is -4.44. The van der Waals surface area contributed by atoms with Crippen molar-refractivity contribution in [2.75, 3.05) is 17.6 Å². The molecular weight excluding hydrogens is 887 g/mol. The number of amides is 2. The lowest BCUT2D eigenvalue weighted by Crippen LogP contribution is -2.48. The quantitative estimate of drug-likeness (QED) is 0.130. The van der Waals surface area contributed by atoms with Gasteiger partial charge in [0.15, 0.2) is 24.3 Å². The van der Waals surface area contributed by atoms with Gasteiger partial charge in [-0.1, -0.05) is 50.3 Å². The third-order valence-electron chi connectivity index (χ3n) is 7.67. The highest BCUT2D eigenvalue weighted by Gasteiger charge is 2.44. The molecule has 0 radical (unpaired) electrons. The van der Waals surface area contributed by atoms with E-state index in [0.29, 0.717) is 4.43 Å². The molecule has 8 atom stereocenters. The van der Waals surface area contributed by atoms with Gasteiger partial charge in [-0.05, 0) is 55.4 Å². The largest absolute Gasteiger partial charge is 0.481 e. The number of nitrogens with one attached hydrogen (secondary N) is 2. The van der Waals surface area contributed by atoms with Crippen LogP contribution in [-0.2, 0) is 71.5 Å². The van der Waals surface area contributed by atoms with E-state index in [1.807, 2.05) is 22.6 Å². The molecule has 0 aromatic heterocycles. The Labute approximate surface area is 350 Å². The maximum Gasteiger partial charge on any atom is 0.408 e. The molecule has 58 heavy (non-hydrogen) atoms. The number of carboxylic acids is 1. The van der Waals surface area contributed by atoms with Crippen molar-refractivity contribution in [2.24, 2.45) is 23.7 Å². The molecule has 0 aliphatic carbocycles. The van der Waals surface area contributed by atoms with Crippen LogP contribution >= 0.6 is 22.6 Å². The lowest BCUT2D eigenvalue weighted by Gasteiger charge is -2.28. The summed E-state index contributed by atoms with van der Waals surface area (Å²) >= 11 is 1.98. The third-order valence-corrected chi connectivity index (χ3v) is 8.62. The number of carboxylic acid groups (broad SMARTS) is 1. The number of alkyl carbamates (subject to hydrolysis) is 2. The van der Waals surface area contributed by atoms with E-state index in [1.54, 1.807) is 69.2 Å². The van der Waals surface area contributed by atoms with Crippen LogP contribution in [0, 0.1) is 23.7 Å². The van der Waals surface area contributed by atoms with Crippen LogP contribution in [0.5, 0.6) is 0 Å². The van der Waals surface area contributed by atoms with E-state index >= 15 is 0 Å². The zero-order valence-electron chi connectivity index (χ0n) is 34.9. The van der Waals surface area contributed by atoms with E-state index < -0.39 is 145 Å². The first-order chi connectivity index (χ1) is 26.6. The van der Waals surface area contributed by atoms with E-state index in [-0.39, 0.29) is 0 Å². The van der Waals surface area contributed by atoms with Gasteiger partial charge < -0.3 is 53.6 Å². The predicted octanol–water partition coefficient (Wildman–Crippen LogP) is 3.01. The monoisotopic (exact) mass is 944 g/mol. The molecule has 0 saturated carbocycles. The summed E-state index contributed by atoms with van der Waals surface area (Å²) in [6, 6.07) is -2.63. The van der Waals surface area contributed by atoms with Gasteiger partial charge in [-0.2, -0.15) is 0 Å². The van der Waals surface area contributed by atoms with Crippen molar-refractivity contribution in [3.63, 3.8) is 0 Å². The molecule has 0 unspecified atom stereocenters. The van der Waals surface area contributed by atoms with Gasteiger partial charge in [0, 0.05) is 4.43 Å². The Bertz CT molecular complexity index is 1500. The molecule has 330 valence electrons. The van der Waals surface area contributed by atoms with Crippen molar-refractivity contribution in [1.29, 1.82) is 0 Å². The van der Waals surface area contributed by atoms with Gasteiger partial charge in [0.2, 0.25) is 0 Å². The van der Waals surface area contributed by atoms with Crippen LogP contribution in [0.25, 0.3) is 0 Å². The molecule has 2 aliphatic heterocycles. The molecule has 3 N–H and O–H groups in total. The second kappa shape index (κ2) is 22.6. The molecule has 0 spiro atoms. The van der Waals surface area contributed by atoms with Crippen LogP contribution in [0.1, 0.15) is 89.5 Å². The fourth-order valence-corrected chi connectivity index (χ4v) is 5.66. The van der Waals surface area contributed by atoms with Crippen molar-refractivity contribution >= 4 is 76.6 Å². The Balaban J connectivity index is 0.000000581. The summed E-state index contributed by atoms with van der Waals surface area (Å²) in [6.45, 7) is 18.2. The van der Waals surface area contributed by atoms with Crippen molar-refractivity contribution < 1.29 is 86.2 Å². The van der Waals surface area contributed by atoms with Gasteiger partial charge in [0.1, 0.15) is 48.5 Å². The zero-order chi connectivity index (χ0) is 44.9. The average Bonchev–Trinajstić information content (AvgIpc) is 3.12. The minimum atomic E-state index is -1.41. The Morgan fingerprint density at radius 1 is 0.672 bits per heavy atom. The van der Waals surface area contributed by atoms with Crippen LogP contribution in [-0.4, -0.2) is 124 Å². The number of ether oxygens (including phenoxy) is 8. The molecule has 2 fully saturated rings. The highest BCUT2D eigenvalue weighted by molar-refractivity contribution is 14.1. The maximum absolute atomic E-state index is 12.5. The standard InChI is InChI=1S/C19H29NO10.C18H28INO8/c1-9(2)15(23)29-14-10(3)28-17(25)12(20-18(26)30-19(4,5)6)8-27-16(24)11(14)7-13(21)22;1-9(2)14(21)27-13-10(3)26-16(23)12(8-25-15(22)11(13)7-19)20-17(24)28-18(4,5)6/h9-12,14H,7-8H2,1-6H3,(H,20,26)(H,21,22);9-13H,7-8H2,1-6H3,(H,20,24)/t10-,11+,12-,14-;10-,11+,12-,13-/m00/s1. The van der Waals surface area contributed by atoms with Gasteiger partial charge in [-0.3, -0.25) is 24.0 Å². The summed E-state index contributed by atoms with van der Waals surface area (Å²) in [5.74, 6) is -9.16. The number of aliphatic carboxylic acids is 1. The van der Waals surface area contributed by atoms with Crippen LogP contribution < -0.4 is 10.6 Å². The number of alkyl halides is 1. The smallest absolute Gasteiger partial charge is 0.408 e. The second-order valence-electron chi connectivity index (χ2n) is 16.0. The van der Waals surface area contributed by atoms with Gasteiger partial charge in [-0.15, -0.1) is 0 Å². The molecule has 20 nitrogen and oxygen atoms in total. The number of hydrogen-bond donors (Lipinski definition) is 3. The predicted molar refractivity (Wildman–Crippen MR) is 207 cm³/mol. The van der Waals surface area contributed by atoms with E-state index in [9.17, 15) is 43.2 Å². The van der Waals surface area contributed by atoms with Crippen molar-refractivity contribution in [3.05, 3.63) is 0 Å². The van der Waals surface area contributed by atoms with Crippen LogP contribution in [0.4, 0.5) is 9.59 Å². The number of carbonyl (C=O) groups is 9. The van der Waals surface area contributed by atoms with Crippen LogP contribution in [0.3, 0.4) is 0 Å². The number of carbonyl (C=O) groups excluding carboxylic acids is 8. The van der Waals surface area contributed by atoms with E-state index in [4.69, 9.17) is 43.0 Å². The fourth-order valence-electron chi connectivity index (χ4n) is 4.80. The molecule has 2 saturated heterocycles. The first-order valence-electron chi connectivity index (χ1n) is 18.5. The number of esters is 6. The Morgan fingerprint density at radius 3 is 1.33 bits per heavy atom. The number of halogens is 1. The van der Waals surface area contributed by atoms with E-state index in [2.05, 4.69) is 10.6 Å². The number of rotatable bonds is 9. The SMILES string of the molecule is CC(C)C(=O)O[C@H]1[C@H](C)OC(=O)[C@@H](NC(=O)OC(C)(C)C)COC(=O)[C@@H]1CC(=O)O.CC(C)C(=O)O[C@H]1[C@H](C)OC(=O)[C@@H](NC(=O)OC(C)(C)C)COC(=O)[C@@H]1CI. The van der Waals surface area contributed by atoms with Gasteiger partial charge in [0.25, 0.3) is 0 Å². The number of hydrogen-bond acceptors (Lipinski definition) is 17. The Kier molecular flexibility index (Phi) is 20.1. The van der Waals surface area contributed by atoms with Crippen molar-refractivity contribution in [1.82, 2.24) is 10.6 Å². The van der Waals surface area contributed by atoms with Gasteiger partial charge in [-0.25, -0.2) is 19.2 Å². The summed E-state index contributed by atoms with van der Waals surface area (Å²) < 4.78 is 42.1. The van der Waals surface area contributed by atoms with Crippen molar-refractivity contribution in [3.8, 4) is 0 Å². The highest BCUT2D eigenvalue weighted by Crippen LogP contribution is 2.25. The van der Waals surface area contributed by atoms with E-state index in [0.717, 1.165) is 0 Å². The average molecular weight is 945 g/mol. The summed E-state index contributed by atoms with van der Waals surface area (Å²) in [5, 5.41) is 13.8. The summed E-state index contributed by atoms with van der Waals surface area (Å²) in [7, 11) is 0. The summed E-state index contributed by atoms with van der Waals surface area (Å²) in [4.78, 5) is 109. The summed E-state index contributed by atoms with van der Waals surface area (Å²) in [5.41, 5.74) is -1.60. The normalized spacial score (nSPS) is 25.7. The van der Waals surface area contributed by atoms with Gasteiger partial charge in [0.05, 0.1) is 18.3 Å². The third kappa shape index (κ3) is 18.0. The molecule has 2 rings (SSSR count). The van der Waals surface area contributed by atoms with Crippen LogP contribution in [0.15, 0.2) is 0 Å². The molecule has 0 bridgehead atoms. The second-order valence-corrected chi connectivity index (χ2v) is 16.9. The maximum atomic E-state index is 12.5. The molecular formula is C37H57IN2O18. The van der Waals surface area contributed by atoms with Crippen molar-refractivity contribution in [2.45, 2.75) is 137 Å². The first-order valence-corrected chi connectivity index (χ1v) is 20.0. The fraction of sp³-hybridized carbons (Fsp3) is 0.757. The lowest BCUT2D eigenvalue weighted by atomic mass is 9.94. The Morgan fingerprint density at radius 2 is 1.02 bits per heavy atom. The molecule has 2 amide bonds. The number of cyclic esters (lactones) is 4. The minimum Gasteiger partial charge on any atom is -0.481 e. The van der Waals surface area contributed by atoms with Gasteiger partial charge >= 0.3 is 54.0 Å². The first kappa shape index (κ1) is 51.6. The molecule has 2 heterocycles. The molecule has 0 aromatic rings. The molecule has 0 aromatic carbocycles. The van der Waals surface area contributed by atoms with E-state index in [1.165, 1.54) is 13.8 Å². The minimum absolute atomic E-state index is 0.290. The molecule has 21 heteroatoms. The zero-order valence-corrected chi connectivity index (χ0v) is 37.0. The summed E-state index contributed by atoms with van der Waals surface area (Å²) in [6.07, 6.45) is -6.96. The van der Waals surface area contributed by atoms with Crippen LogP contribution in [0.2, 0.25) is 0 Å².